The molecule has 1 aliphatic carbocycles. The molecule has 0 spiro atoms. The second kappa shape index (κ2) is 15.8. The molecule has 2 N–H and O–H groups in total. The molecule has 0 radical (unpaired) electrons. The van der Waals surface area contributed by atoms with Gasteiger partial charge in [-0.2, -0.15) is 4.90 Å². The summed E-state index contributed by atoms with van der Waals surface area (Å²) in [5.41, 5.74) is 3.58. The number of hydrogen-bond acceptors (Lipinski definition) is 8. The number of fused-ring (bicyclic) bond motifs is 3. The number of rotatable bonds is 10. The van der Waals surface area contributed by atoms with Crippen LogP contribution in [0, 0.1) is 17.8 Å². The Bertz CT molecular complexity index is 1870. The van der Waals surface area contributed by atoms with Crippen LogP contribution >= 0.6 is 11.6 Å². The number of benzene rings is 3. The fraction of sp³-hybridized carbons (Fsp3) is 0.390. The van der Waals surface area contributed by atoms with Crippen LogP contribution in [0.1, 0.15) is 58.9 Å². The fourth-order valence-corrected chi connectivity index (χ4v) is 13.4. The number of carbonyl (C=O) groups is 3. The molecule has 9 nitrogen and oxygen atoms in total. The number of ether oxygens (including phenoxy) is 1. The van der Waals surface area contributed by atoms with E-state index < -0.39 is 57.2 Å². The molecule has 3 aliphatic rings. The van der Waals surface area contributed by atoms with E-state index in [2.05, 4.69) is 52.0 Å². The minimum absolute atomic E-state index is 0.0851. The minimum atomic E-state index is -3.02. The standard InChI is InChI=1S/C41H47BClNO8Si/c1-6-26(21-27-18-19-29(45)23-34(27)43)17-20-35-36-28(22-32-37(33(36)24-42(49)52-35)39(47)44(38(32)46)40(48)50-5)25-51-53(41(2,3)4,30-13-9-7-10-14-30)31-15-11-8-12-16-31/h7-16,18-19,21,23,32-33,35,37,45,49H,6,17,20,22,24-25H2,1-5H3/b26-21+/t32-,33+,35-,37-/m1/s1. The van der Waals surface area contributed by atoms with Crippen LogP contribution in [0.15, 0.2) is 95.6 Å². The van der Waals surface area contributed by atoms with Crippen molar-refractivity contribution in [3.8, 4) is 5.75 Å². The zero-order valence-electron chi connectivity index (χ0n) is 30.9. The number of aromatic hydroxyl groups is 1. The molecule has 3 amide bonds. The summed E-state index contributed by atoms with van der Waals surface area (Å²) in [7, 11) is -3.05. The first-order valence-electron chi connectivity index (χ1n) is 18.2. The molecule has 12 heteroatoms. The first-order chi connectivity index (χ1) is 25.3. The molecule has 0 unspecified atom stereocenters. The molecular weight excluding hydrogens is 709 g/mol. The van der Waals surface area contributed by atoms with Gasteiger partial charge in [-0.3, -0.25) is 9.59 Å². The Hall–Kier alpha value is -4.00. The van der Waals surface area contributed by atoms with E-state index in [0.29, 0.717) is 22.8 Å². The van der Waals surface area contributed by atoms with E-state index in [1.54, 1.807) is 12.1 Å². The van der Waals surface area contributed by atoms with Crippen molar-refractivity contribution >= 4 is 61.4 Å². The number of allylic oxidation sites excluding steroid dienone is 1. The van der Waals surface area contributed by atoms with E-state index in [1.807, 2.05) is 42.5 Å². The fourth-order valence-electron chi connectivity index (χ4n) is 8.65. The lowest BCUT2D eigenvalue weighted by atomic mass is 9.58. The highest BCUT2D eigenvalue weighted by atomic mass is 35.5. The number of methoxy groups -OCH3 is 1. The van der Waals surface area contributed by atoms with Crippen molar-refractivity contribution < 1.29 is 38.3 Å². The summed E-state index contributed by atoms with van der Waals surface area (Å²) in [6.07, 6.45) is 2.54. The lowest BCUT2D eigenvalue weighted by Crippen LogP contribution is -2.66. The van der Waals surface area contributed by atoms with Crippen LogP contribution in [-0.2, 0) is 23.4 Å². The Labute approximate surface area is 317 Å². The number of carbonyl (C=O) groups excluding carboxylic acids is 3. The Morgan fingerprint density at radius 3 is 2.23 bits per heavy atom. The Kier molecular flexibility index (Phi) is 11.5. The number of phenols is 1. The third-order valence-corrected chi connectivity index (χ3v) is 16.4. The molecule has 4 atom stereocenters. The molecule has 53 heavy (non-hydrogen) atoms. The number of nitrogens with zero attached hydrogens (tertiary/aromatic N) is 1. The van der Waals surface area contributed by atoms with Crippen LogP contribution in [0.4, 0.5) is 4.79 Å². The highest BCUT2D eigenvalue weighted by molar-refractivity contribution is 6.99. The van der Waals surface area contributed by atoms with Crippen molar-refractivity contribution in [1.82, 2.24) is 4.90 Å². The Balaban J connectivity index is 1.44. The molecule has 6 rings (SSSR count). The van der Waals surface area contributed by atoms with Gasteiger partial charge >= 0.3 is 13.2 Å². The van der Waals surface area contributed by atoms with E-state index in [-0.39, 0.29) is 30.1 Å². The first-order valence-corrected chi connectivity index (χ1v) is 20.5. The third-order valence-electron chi connectivity index (χ3n) is 11.1. The van der Waals surface area contributed by atoms with E-state index in [9.17, 15) is 24.5 Å². The quantitative estimate of drug-likeness (QED) is 0.132. The van der Waals surface area contributed by atoms with Crippen molar-refractivity contribution in [1.29, 1.82) is 0 Å². The predicted octanol–water partition coefficient (Wildman–Crippen LogP) is 6.76. The average molecular weight is 756 g/mol. The maximum Gasteiger partial charge on any atom is 0.455 e. The largest absolute Gasteiger partial charge is 0.508 e. The molecule has 3 aromatic rings. The zero-order chi connectivity index (χ0) is 38.1. The maximum absolute atomic E-state index is 13.9. The number of phenolic OH excluding ortho intramolecular Hbond substituents is 1. The SMILES string of the molecule is CC/C(=C\c1ccc(O)cc1Cl)CC[C@H]1OB(O)C[C@H]2C1=C(CO[Si](c1ccccc1)(c1ccccc1)C(C)(C)C)C[C@H]1C(=O)N(C(=O)OC)C(=O)[C@H]12. The summed E-state index contributed by atoms with van der Waals surface area (Å²) in [5.74, 6) is -3.31. The van der Waals surface area contributed by atoms with Crippen molar-refractivity contribution in [3.05, 3.63) is 106 Å². The van der Waals surface area contributed by atoms with Gasteiger partial charge in [-0.1, -0.05) is 112 Å². The van der Waals surface area contributed by atoms with Gasteiger partial charge in [0, 0.05) is 0 Å². The van der Waals surface area contributed by atoms with E-state index in [0.717, 1.165) is 46.2 Å². The first kappa shape index (κ1) is 38.7. The highest BCUT2D eigenvalue weighted by Gasteiger charge is 2.59. The molecule has 0 bridgehead atoms. The summed E-state index contributed by atoms with van der Waals surface area (Å²) in [6.45, 7) is 8.83. The van der Waals surface area contributed by atoms with Crippen LogP contribution in [0.5, 0.6) is 5.75 Å². The minimum Gasteiger partial charge on any atom is -0.508 e. The molecule has 2 saturated heterocycles. The normalized spacial score (nSPS) is 22.2. The predicted molar refractivity (Wildman–Crippen MR) is 208 cm³/mol. The third kappa shape index (κ3) is 7.42. The molecule has 2 fully saturated rings. The van der Waals surface area contributed by atoms with Gasteiger partial charge in [0.1, 0.15) is 5.75 Å². The van der Waals surface area contributed by atoms with Crippen molar-refractivity contribution in [2.45, 2.75) is 70.8 Å². The second-order valence-corrected chi connectivity index (χ2v) is 19.9. The van der Waals surface area contributed by atoms with Crippen LogP contribution in [0.2, 0.25) is 16.4 Å². The van der Waals surface area contributed by atoms with Crippen molar-refractivity contribution in [3.63, 3.8) is 0 Å². The van der Waals surface area contributed by atoms with Crippen LogP contribution in [0.25, 0.3) is 6.08 Å². The topological polar surface area (TPSA) is 123 Å². The van der Waals surface area contributed by atoms with Gasteiger partial charge in [-0.05, 0) is 88.2 Å². The van der Waals surface area contributed by atoms with Gasteiger partial charge in [0.05, 0.1) is 36.7 Å². The molecule has 0 aromatic heterocycles. The van der Waals surface area contributed by atoms with E-state index >= 15 is 0 Å². The van der Waals surface area contributed by atoms with Gasteiger partial charge in [-0.25, -0.2) is 4.79 Å². The Morgan fingerprint density at radius 2 is 1.66 bits per heavy atom. The van der Waals surface area contributed by atoms with E-state index in [4.69, 9.17) is 25.4 Å². The Morgan fingerprint density at radius 1 is 1.02 bits per heavy atom. The van der Waals surface area contributed by atoms with Crippen molar-refractivity contribution in [2.75, 3.05) is 13.7 Å². The lowest BCUT2D eigenvalue weighted by molar-refractivity contribution is -0.137. The number of halogens is 1. The summed E-state index contributed by atoms with van der Waals surface area (Å²) in [5, 5.41) is 23.4. The smallest absolute Gasteiger partial charge is 0.455 e. The summed E-state index contributed by atoms with van der Waals surface area (Å²) in [4.78, 5) is 41.1. The van der Waals surface area contributed by atoms with E-state index in [1.165, 1.54) is 6.07 Å². The summed E-state index contributed by atoms with van der Waals surface area (Å²) >= 11 is 6.45. The molecule has 0 saturated carbocycles. The zero-order valence-corrected chi connectivity index (χ0v) is 32.6. The second-order valence-electron chi connectivity index (χ2n) is 15.2. The number of hydrogen-bond donors (Lipinski definition) is 2. The van der Waals surface area contributed by atoms with Gasteiger partial charge < -0.3 is 23.9 Å². The van der Waals surface area contributed by atoms with Gasteiger partial charge in [0.15, 0.2) is 0 Å². The molecule has 3 aromatic carbocycles. The molecule has 2 aliphatic heterocycles. The highest BCUT2D eigenvalue weighted by Crippen LogP contribution is 2.51. The van der Waals surface area contributed by atoms with Gasteiger partial charge in [-0.15, -0.1) is 0 Å². The summed E-state index contributed by atoms with van der Waals surface area (Å²) < 4.78 is 18.6. The maximum atomic E-state index is 13.9. The van der Waals surface area contributed by atoms with Gasteiger partial charge in [0.25, 0.3) is 8.32 Å². The monoisotopic (exact) mass is 755 g/mol. The average Bonchev–Trinajstić information content (AvgIpc) is 3.39. The van der Waals surface area contributed by atoms with Crippen molar-refractivity contribution in [2.24, 2.45) is 17.8 Å². The van der Waals surface area contributed by atoms with Gasteiger partial charge in [0.2, 0.25) is 11.8 Å². The molecular formula is C41H47BClNO8Si. The number of likely N-dealkylation sites (tertiary alicyclic amines) is 1. The molecule has 278 valence electrons. The summed E-state index contributed by atoms with van der Waals surface area (Å²) in [6, 6.07) is 25.4. The molecule has 2 heterocycles. The number of amides is 3. The van der Waals surface area contributed by atoms with Crippen LogP contribution in [0.3, 0.4) is 0 Å². The van der Waals surface area contributed by atoms with Crippen LogP contribution < -0.4 is 10.4 Å². The lowest BCUT2D eigenvalue weighted by Gasteiger charge is -2.46. The number of imide groups is 3. The van der Waals surface area contributed by atoms with Crippen LogP contribution in [-0.4, -0.2) is 68.2 Å².